The number of piperidine rings is 3. The minimum Gasteiger partial charge on any atom is -0.370 e. The number of carbonyl (C=O) groups excluding carboxylic acids is 3. The van der Waals surface area contributed by atoms with E-state index < -0.39 is 17.9 Å². The molecule has 3 N–H and O–H groups in total. The van der Waals surface area contributed by atoms with Gasteiger partial charge in [0, 0.05) is 94.1 Å². The molecule has 3 amide bonds. The van der Waals surface area contributed by atoms with Crippen LogP contribution in [0.3, 0.4) is 0 Å². The maximum Gasteiger partial charge on any atom is 0.253 e. The lowest BCUT2D eigenvalue weighted by Gasteiger charge is -2.39. The Hall–Kier alpha value is -6.19. The molecule has 0 bridgehead atoms. The zero-order valence-corrected chi connectivity index (χ0v) is 35.7. The fourth-order valence-corrected chi connectivity index (χ4v) is 10.1. The van der Waals surface area contributed by atoms with Crippen LogP contribution in [-0.4, -0.2) is 122 Å². The van der Waals surface area contributed by atoms with Crippen LogP contribution >= 0.6 is 0 Å². The fraction of sp³-hybridized carbons (Fsp3) is 0.417. The van der Waals surface area contributed by atoms with Crippen LogP contribution in [-0.2, 0) is 23.2 Å². The van der Waals surface area contributed by atoms with Crippen LogP contribution in [0, 0.1) is 11.9 Å². The van der Waals surface area contributed by atoms with E-state index in [1.165, 1.54) is 22.2 Å². The van der Waals surface area contributed by atoms with Crippen molar-refractivity contribution in [1.82, 2.24) is 44.7 Å². The van der Waals surface area contributed by atoms with Gasteiger partial charge in [-0.1, -0.05) is 18.2 Å². The lowest BCUT2D eigenvalue weighted by atomic mass is 9.88. The van der Waals surface area contributed by atoms with Crippen LogP contribution in [0.25, 0.3) is 33.1 Å². The number of piperazine rings is 1. The second-order valence-electron chi connectivity index (χ2n) is 17.8. The highest BCUT2D eigenvalue weighted by Crippen LogP contribution is 2.34. The van der Waals surface area contributed by atoms with Crippen LogP contribution in [0.5, 0.6) is 0 Å². The number of benzene rings is 2. The summed E-state index contributed by atoms with van der Waals surface area (Å²) in [7, 11) is 2.12. The van der Waals surface area contributed by atoms with Crippen molar-refractivity contribution < 1.29 is 18.8 Å². The Kier molecular flexibility index (Phi) is 11.4. The number of nitrogens with one attached hydrogen (secondary N) is 3. The van der Waals surface area contributed by atoms with Gasteiger partial charge in [-0.3, -0.25) is 34.6 Å². The zero-order chi connectivity index (χ0) is 43.0. The lowest BCUT2D eigenvalue weighted by Crippen LogP contribution is -2.49. The van der Waals surface area contributed by atoms with Crippen LogP contribution in [0.15, 0.2) is 79.1 Å². The molecule has 0 radical (unpaired) electrons. The maximum absolute atomic E-state index is 15.0. The van der Waals surface area contributed by atoms with E-state index in [0.29, 0.717) is 24.1 Å². The number of likely N-dealkylation sites (tertiary alicyclic amines) is 2. The Balaban J connectivity index is 0.663. The Morgan fingerprint density at radius 3 is 2.41 bits per heavy atom. The van der Waals surface area contributed by atoms with Crippen molar-refractivity contribution in [2.45, 2.75) is 57.0 Å². The number of aromatic amines is 1. The molecule has 1 atom stereocenters. The smallest absolute Gasteiger partial charge is 0.253 e. The molecule has 4 fully saturated rings. The molecular formula is C48H54FN11O3. The topological polar surface area (TPSA) is 148 Å². The second-order valence-corrected chi connectivity index (χ2v) is 17.8. The van der Waals surface area contributed by atoms with Crippen molar-refractivity contribution in [2.75, 3.05) is 69.1 Å². The minimum atomic E-state index is -0.662. The summed E-state index contributed by atoms with van der Waals surface area (Å²) in [6.45, 7) is 8.65. The normalized spacial score (nSPS) is 19.9. The SMILES string of the molecule is Cn1c(CN2CCC(c3ccc(C(=O)N4CCC(CN5CCN(c6ccc(NC7CCC(=O)NC7=O)c(F)n6)CC5)CC4)cc3)CC2)cc2c(-c3ccc4[nH]ncc4c3)ccnc21. The molecule has 4 aliphatic heterocycles. The molecule has 8 heterocycles. The zero-order valence-electron chi connectivity index (χ0n) is 35.7. The first-order valence-electron chi connectivity index (χ1n) is 22.4. The van der Waals surface area contributed by atoms with Gasteiger partial charge in [-0.2, -0.15) is 9.49 Å². The van der Waals surface area contributed by atoms with E-state index in [9.17, 15) is 18.8 Å². The van der Waals surface area contributed by atoms with Gasteiger partial charge >= 0.3 is 0 Å². The number of aryl methyl sites for hydroxylation is 1. The summed E-state index contributed by atoms with van der Waals surface area (Å²) >= 11 is 0. The van der Waals surface area contributed by atoms with Gasteiger partial charge in [-0.25, -0.2) is 9.97 Å². The molecule has 0 saturated carbocycles. The molecule has 2 aromatic carbocycles. The predicted octanol–water partition coefficient (Wildman–Crippen LogP) is 5.92. The highest BCUT2D eigenvalue weighted by molar-refractivity contribution is 6.01. The van der Waals surface area contributed by atoms with Crippen LogP contribution in [0.1, 0.15) is 66.1 Å². The van der Waals surface area contributed by atoms with E-state index in [1.54, 1.807) is 12.1 Å². The Bertz CT molecular complexity index is 2640. The highest BCUT2D eigenvalue weighted by Gasteiger charge is 2.30. The number of carbonyl (C=O) groups is 3. The summed E-state index contributed by atoms with van der Waals surface area (Å²) in [5, 5.41) is 14.7. The van der Waals surface area contributed by atoms with Gasteiger partial charge in [0.25, 0.3) is 5.91 Å². The van der Waals surface area contributed by atoms with Crippen LogP contribution < -0.4 is 15.5 Å². The number of nitrogens with zero attached hydrogens (tertiary/aromatic N) is 8. The van der Waals surface area contributed by atoms with Gasteiger partial charge in [0.2, 0.25) is 17.8 Å². The largest absolute Gasteiger partial charge is 0.370 e. The average Bonchev–Trinajstić information content (AvgIpc) is 3.92. The predicted molar refractivity (Wildman–Crippen MR) is 241 cm³/mol. The number of rotatable bonds is 10. The minimum absolute atomic E-state index is 0.121. The number of aromatic nitrogens is 5. The summed E-state index contributed by atoms with van der Waals surface area (Å²) in [5.74, 6) is 0.296. The lowest BCUT2D eigenvalue weighted by molar-refractivity contribution is -0.133. The van der Waals surface area contributed by atoms with E-state index in [0.717, 1.165) is 119 Å². The van der Waals surface area contributed by atoms with Crippen molar-refractivity contribution in [3.63, 3.8) is 0 Å². The number of H-pyrrole nitrogens is 1. The average molecular weight is 852 g/mol. The number of pyridine rings is 2. The molecule has 14 nitrogen and oxygen atoms in total. The number of hydrogen-bond acceptors (Lipinski definition) is 10. The maximum atomic E-state index is 15.0. The highest BCUT2D eigenvalue weighted by atomic mass is 19.1. The number of imide groups is 1. The van der Waals surface area contributed by atoms with Crippen LogP contribution in [0.2, 0.25) is 0 Å². The number of fused-ring (bicyclic) bond motifs is 2. The number of amides is 3. The molecule has 4 aromatic heterocycles. The molecule has 4 saturated heterocycles. The van der Waals surface area contributed by atoms with Gasteiger partial charge in [0.1, 0.15) is 17.5 Å². The summed E-state index contributed by atoms with van der Waals surface area (Å²) in [5.41, 5.74) is 7.88. The monoisotopic (exact) mass is 851 g/mol. The third kappa shape index (κ3) is 8.63. The molecule has 0 spiro atoms. The van der Waals surface area contributed by atoms with Gasteiger partial charge in [0.05, 0.1) is 17.4 Å². The summed E-state index contributed by atoms with van der Waals surface area (Å²) in [4.78, 5) is 55.2. The fourth-order valence-electron chi connectivity index (χ4n) is 10.1. The second kappa shape index (κ2) is 17.5. The van der Waals surface area contributed by atoms with Gasteiger partial charge in [-0.05, 0) is 122 Å². The Labute approximate surface area is 365 Å². The van der Waals surface area contributed by atoms with Crippen LogP contribution in [0.4, 0.5) is 15.9 Å². The molecular weight excluding hydrogens is 798 g/mol. The number of hydrogen-bond donors (Lipinski definition) is 3. The number of halogens is 1. The van der Waals surface area contributed by atoms with Gasteiger partial charge in [-0.15, -0.1) is 0 Å². The standard InChI is InChI=1S/C48H54FN11O3/c1-56-37(27-39-38(12-17-50-46(39)56)35-6-7-40-36(26-35)28-51-55-40)30-57-18-15-33(16-19-57)32-2-4-34(5-3-32)48(63)60-20-13-31(14-21-60)29-58-22-24-59(25-23-58)43-10-8-41(45(49)53-43)52-42-9-11-44(61)54-47(42)62/h2-8,10,12,17,26-28,31,33,42,52H,9,11,13-16,18-25,29-30H2,1H3,(H,51,55)(H,54,61,62). The van der Waals surface area contributed by atoms with Crippen molar-refractivity contribution >= 4 is 51.2 Å². The third-order valence-electron chi connectivity index (χ3n) is 13.9. The summed E-state index contributed by atoms with van der Waals surface area (Å²) < 4.78 is 17.2. The first kappa shape index (κ1) is 40.9. The molecule has 6 aromatic rings. The Morgan fingerprint density at radius 1 is 0.857 bits per heavy atom. The molecule has 326 valence electrons. The third-order valence-corrected chi connectivity index (χ3v) is 13.9. The van der Waals surface area contributed by atoms with Gasteiger partial charge < -0.3 is 19.7 Å². The van der Waals surface area contributed by atoms with Crippen molar-refractivity contribution in [2.24, 2.45) is 13.0 Å². The molecule has 1 unspecified atom stereocenters. The first-order chi connectivity index (χ1) is 30.7. The molecule has 10 rings (SSSR count). The van der Waals surface area contributed by atoms with E-state index in [2.05, 4.69) is 94.6 Å². The van der Waals surface area contributed by atoms with Crippen molar-refractivity contribution in [3.8, 4) is 11.1 Å². The van der Waals surface area contributed by atoms with Gasteiger partial charge in [0.15, 0.2) is 0 Å². The van der Waals surface area contributed by atoms with Crippen molar-refractivity contribution in [1.29, 1.82) is 0 Å². The van der Waals surface area contributed by atoms with Crippen molar-refractivity contribution in [3.05, 3.63) is 102 Å². The van der Waals surface area contributed by atoms with E-state index >= 15 is 0 Å². The summed E-state index contributed by atoms with van der Waals surface area (Å²) in [6.07, 6.45) is 8.45. The van der Waals surface area contributed by atoms with E-state index in [-0.39, 0.29) is 23.9 Å². The molecule has 4 aliphatic rings. The molecule has 63 heavy (non-hydrogen) atoms. The van der Waals surface area contributed by atoms with E-state index in [4.69, 9.17) is 4.98 Å². The molecule has 15 heteroatoms. The molecule has 0 aliphatic carbocycles. The van der Waals surface area contributed by atoms with E-state index in [1.807, 2.05) is 29.4 Å². The first-order valence-corrected chi connectivity index (χ1v) is 22.4. The Morgan fingerprint density at radius 2 is 1.65 bits per heavy atom. The summed E-state index contributed by atoms with van der Waals surface area (Å²) in [6, 6.07) is 22.0. The number of anilines is 2. The quantitative estimate of drug-likeness (QED) is 0.112.